The van der Waals surface area contributed by atoms with Crippen LogP contribution < -0.4 is 0 Å². The Bertz CT molecular complexity index is 189. The molecule has 1 unspecified atom stereocenters. The van der Waals surface area contributed by atoms with Crippen molar-refractivity contribution in [2.75, 3.05) is 0 Å². The van der Waals surface area contributed by atoms with Gasteiger partial charge in [-0.3, -0.25) is 0 Å². The molecule has 1 heteroatoms. The van der Waals surface area contributed by atoms with Crippen molar-refractivity contribution < 1.29 is 0 Å². The monoisotopic (exact) mass is 160 g/mol. The third-order valence-corrected chi connectivity index (χ3v) is 2.65. The molecular formula is C11H17B. The second-order valence-corrected chi connectivity index (χ2v) is 4.30. The van der Waals surface area contributed by atoms with Gasteiger partial charge in [-0.15, -0.1) is 11.8 Å². The minimum Gasteiger partial charge on any atom is -0.103 e. The van der Waals surface area contributed by atoms with Crippen LogP contribution in [-0.4, -0.2) is 7.85 Å². The predicted molar refractivity (Wildman–Crippen MR) is 54.1 cm³/mol. The maximum absolute atomic E-state index is 6.08. The molecule has 0 nitrogen and oxygen atoms in total. The zero-order valence-electron chi connectivity index (χ0n) is 8.19. The van der Waals surface area contributed by atoms with Gasteiger partial charge < -0.3 is 0 Å². The van der Waals surface area contributed by atoms with Crippen molar-refractivity contribution in [2.24, 2.45) is 5.92 Å². The SMILES string of the molecule is [B]C(C)(C)C1CCC#CCCC1. The zero-order chi connectivity index (χ0) is 9.03. The van der Waals surface area contributed by atoms with E-state index in [4.69, 9.17) is 7.85 Å². The molecule has 0 N–H and O–H groups in total. The van der Waals surface area contributed by atoms with Crippen molar-refractivity contribution >= 4 is 7.85 Å². The number of rotatable bonds is 1. The van der Waals surface area contributed by atoms with E-state index in [0.29, 0.717) is 5.92 Å². The van der Waals surface area contributed by atoms with E-state index >= 15 is 0 Å². The molecule has 64 valence electrons. The Hall–Kier alpha value is -0.375. The molecule has 0 saturated carbocycles. The van der Waals surface area contributed by atoms with Gasteiger partial charge in [0.2, 0.25) is 0 Å². The summed E-state index contributed by atoms with van der Waals surface area (Å²) in [4.78, 5) is 0. The largest absolute Gasteiger partial charge is 0.103 e. The molecule has 0 spiro atoms. The highest BCUT2D eigenvalue weighted by atomic mass is 14.2. The summed E-state index contributed by atoms with van der Waals surface area (Å²) >= 11 is 0. The van der Waals surface area contributed by atoms with Crippen LogP contribution in [-0.2, 0) is 0 Å². The fourth-order valence-electron chi connectivity index (χ4n) is 1.75. The highest BCUT2D eigenvalue weighted by Crippen LogP contribution is 2.37. The van der Waals surface area contributed by atoms with Crippen molar-refractivity contribution in [3.63, 3.8) is 0 Å². The number of hydrogen-bond donors (Lipinski definition) is 0. The van der Waals surface area contributed by atoms with E-state index in [1.165, 1.54) is 19.3 Å². The van der Waals surface area contributed by atoms with E-state index in [1.54, 1.807) is 0 Å². The molecule has 1 atom stereocenters. The Morgan fingerprint density at radius 1 is 1.17 bits per heavy atom. The van der Waals surface area contributed by atoms with Crippen LogP contribution in [0.1, 0.15) is 46.0 Å². The Morgan fingerprint density at radius 2 is 1.83 bits per heavy atom. The average Bonchev–Trinajstić information content (AvgIpc) is 1.81. The Balaban J connectivity index is 2.51. The summed E-state index contributed by atoms with van der Waals surface area (Å²) in [7, 11) is 6.08. The van der Waals surface area contributed by atoms with Gasteiger partial charge in [0.1, 0.15) is 0 Å². The molecule has 1 aliphatic carbocycles. The second kappa shape index (κ2) is 4.03. The normalized spacial score (nSPS) is 25.0. The molecule has 0 aromatic carbocycles. The molecule has 2 radical (unpaired) electrons. The molecule has 1 rings (SSSR count). The van der Waals surface area contributed by atoms with Gasteiger partial charge in [0.15, 0.2) is 0 Å². The van der Waals surface area contributed by atoms with Crippen LogP contribution in [0.25, 0.3) is 0 Å². The highest BCUT2D eigenvalue weighted by Gasteiger charge is 2.22. The molecule has 0 bridgehead atoms. The summed E-state index contributed by atoms with van der Waals surface area (Å²) in [5.41, 5.74) is 0. The Kier molecular flexibility index (Phi) is 3.26. The molecular weight excluding hydrogens is 143 g/mol. The van der Waals surface area contributed by atoms with Crippen LogP contribution in [0.4, 0.5) is 0 Å². The summed E-state index contributed by atoms with van der Waals surface area (Å²) in [6, 6.07) is 0. The summed E-state index contributed by atoms with van der Waals surface area (Å²) in [6.07, 6.45) is 5.74. The van der Waals surface area contributed by atoms with E-state index < -0.39 is 0 Å². The van der Waals surface area contributed by atoms with Crippen LogP contribution in [0.5, 0.6) is 0 Å². The van der Waals surface area contributed by atoms with Gasteiger partial charge >= 0.3 is 0 Å². The molecule has 0 heterocycles. The third-order valence-electron chi connectivity index (χ3n) is 2.65. The minimum atomic E-state index is -0.0149. The van der Waals surface area contributed by atoms with Gasteiger partial charge in [-0.05, 0) is 25.2 Å². The second-order valence-electron chi connectivity index (χ2n) is 4.30. The van der Waals surface area contributed by atoms with Crippen LogP contribution >= 0.6 is 0 Å². The average molecular weight is 160 g/mol. The van der Waals surface area contributed by atoms with Crippen molar-refractivity contribution in [2.45, 2.75) is 51.3 Å². The molecule has 0 aliphatic heterocycles. The maximum Gasteiger partial charge on any atom is 0.0742 e. The lowest BCUT2D eigenvalue weighted by atomic mass is 9.61. The lowest BCUT2D eigenvalue weighted by Gasteiger charge is -2.31. The van der Waals surface area contributed by atoms with Crippen molar-refractivity contribution in [3.8, 4) is 11.8 Å². The summed E-state index contributed by atoms with van der Waals surface area (Å²) < 4.78 is 0. The molecule has 0 saturated heterocycles. The van der Waals surface area contributed by atoms with Gasteiger partial charge in [-0.2, -0.15) is 0 Å². The van der Waals surface area contributed by atoms with E-state index in [0.717, 1.165) is 12.8 Å². The maximum atomic E-state index is 6.08. The smallest absolute Gasteiger partial charge is 0.0742 e. The molecule has 0 aromatic rings. The van der Waals surface area contributed by atoms with Gasteiger partial charge in [-0.1, -0.05) is 19.2 Å². The lowest BCUT2D eigenvalue weighted by Crippen LogP contribution is -2.18. The molecule has 0 aromatic heterocycles. The lowest BCUT2D eigenvalue weighted by molar-refractivity contribution is 0.349. The van der Waals surface area contributed by atoms with Crippen LogP contribution in [0.15, 0.2) is 0 Å². The number of hydrogen-bond acceptors (Lipinski definition) is 0. The fourth-order valence-corrected chi connectivity index (χ4v) is 1.75. The molecule has 0 fully saturated rings. The summed E-state index contributed by atoms with van der Waals surface area (Å²) in [5.74, 6) is 7.01. The van der Waals surface area contributed by atoms with E-state index in [-0.39, 0.29) is 5.31 Å². The van der Waals surface area contributed by atoms with E-state index in [9.17, 15) is 0 Å². The van der Waals surface area contributed by atoms with Gasteiger partial charge in [-0.25, -0.2) is 0 Å². The molecule has 1 aliphatic rings. The molecule has 12 heavy (non-hydrogen) atoms. The quantitative estimate of drug-likeness (QED) is 0.408. The van der Waals surface area contributed by atoms with Crippen molar-refractivity contribution in [1.82, 2.24) is 0 Å². The summed E-state index contributed by atoms with van der Waals surface area (Å²) in [5, 5.41) is -0.0149. The van der Waals surface area contributed by atoms with Gasteiger partial charge in [0, 0.05) is 12.8 Å². The molecule has 0 amide bonds. The van der Waals surface area contributed by atoms with Crippen LogP contribution in [0, 0.1) is 17.8 Å². The van der Waals surface area contributed by atoms with Crippen LogP contribution in [0.3, 0.4) is 0 Å². The first kappa shape index (κ1) is 9.71. The van der Waals surface area contributed by atoms with Crippen molar-refractivity contribution in [1.29, 1.82) is 0 Å². The van der Waals surface area contributed by atoms with Gasteiger partial charge in [0.05, 0.1) is 7.85 Å². The van der Waals surface area contributed by atoms with Crippen LogP contribution in [0.2, 0.25) is 5.31 Å². The van der Waals surface area contributed by atoms with Gasteiger partial charge in [0.25, 0.3) is 0 Å². The topological polar surface area (TPSA) is 0 Å². The Labute approximate surface area is 77.5 Å². The van der Waals surface area contributed by atoms with Crippen molar-refractivity contribution in [3.05, 3.63) is 0 Å². The standard InChI is InChI=1S/C11H17B/c1-11(2,12)10-8-6-4-3-5-7-9-10/h10H,4,6-9H2,1-2H3. The minimum absolute atomic E-state index is 0.0149. The first-order valence-corrected chi connectivity index (χ1v) is 4.85. The van der Waals surface area contributed by atoms with E-state index in [1.807, 2.05) is 0 Å². The van der Waals surface area contributed by atoms with E-state index in [2.05, 4.69) is 25.7 Å². The highest BCUT2D eigenvalue weighted by molar-refractivity contribution is 6.14. The first-order chi connectivity index (χ1) is 5.61. The zero-order valence-corrected chi connectivity index (χ0v) is 8.19. The Morgan fingerprint density at radius 3 is 2.50 bits per heavy atom. The fraction of sp³-hybridized carbons (Fsp3) is 0.818. The first-order valence-electron chi connectivity index (χ1n) is 4.85. The summed E-state index contributed by atoms with van der Waals surface area (Å²) in [6.45, 7) is 4.26. The third kappa shape index (κ3) is 2.93. The predicted octanol–water partition coefficient (Wildman–Crippen LogP) is 2.94.